The molecule has 308 valence electrons. The summed E-state index contributed by atoms with van der Waals surface area (Å²) in [6.07, 6.45) is 9.95. The molecule has 10 heteroatoms. The molecule has 1 heterocycles. The summed E-state index contributed by atoms with van der Waals surface area (Å²) < 4.78 is 34.8. The van der Waals surface area contributed by atoms with Crippen LogP contribution in [0.25, 0.3) is 22.2 Å². The highest BCUT2D eigenvalue weighted by atomic mass is 35.5. The van der Waals surface area contributed by atoms with Crippen LogP contribution < -0.4 is 10.1 Å². The van der Waals surface area contributed by atoms with Gasteiger partial charge < -0.3 is 19.7 Å². The minimum Gasteiger partial charge on any atom is -0.508 e. The van der Waals surface area contributed by atoms with E-state index in [0.717, 1.165) is 41.5 Å². The number of aryl methyl sites for hydroxylation is 1. The number of phenolic OH excluding ortho intramolecular Hbond substituents is 1. The molecule has 0 bridgehead atoms. The van der Waals surface area contributed by atoms with Gasteiger partial charge in [-0.1, -0.05) is 149 Å². The number of unbranched alkanes of at least 4 members (excludes halogenated alkanes) is 9. The summed E-state index contributed by atoms with van der Waals surface area (Å²) in [5.41, 5.74) is 4.69. The number of carbonyl (C=O) groups excluding carboxylic acids is 2. The lowest BCUT2D eigenvalue weighted by molar-refractivity contribution is -0.120. The van der Waals surface area contributed by atoms with Gasteiger partial charge in [0.1, 0.15) is 11.5 Å². The molecule has 1 atom stereocenters. The third-order valence-electron chi connectivity index (χ3n) is 10.7. The van der Waals surface area contributed by atoms with Crippen molar-refractivity contribution in [2.75, 3.05) is 11.1 Å². The second-order valence-corrected chi connectivity index (χ2v) is 17.7. The molecule has 0 saturated carbocycles. The van der Waals surface area contributed by atoms with Crippen molar-refractivity contribution < 1.29 is 27.9 Å². The molecular weight excluding hydrogens is 780 g/mol. The molecule has 0 aliphatic carbocycles. The molecule has 0 aliphatic heterocycles. The molecule has 5 aromatic carbocycles. The van der Waals surface area contributed by atoms with Crippen molar-refractivity contribution in [2.45, 2.75) is 88.6 Å². The van der Waals surface area contributed by atoms with Gasteiger partial charge in [-0.3, -0.25) is 9.59 Å². The quantitative estimate of drug-likeness (QED) is 0.0424. The normalized spacial score (nSPS) is 12.1. The molecule has 1 aromatic heterocycles. The Morgan fingerprint density at radius 2 is 1.34 bits per heavy atom. The van der Waals surface area contributed by atoms with E-state index in [-0.39, 0.29) is 27.1 Å². The minimum atomic E-state index is -3.61. The third kappa shape index (κ3) is 11.2. The minimum absolute atomic E-state index is 0.0124. The number of nitrogens with zero attached hydrogens (tertiary/aromatic N) is 1. The fourth-order valence-electron chi connectivity index (χ4n) is 7.49. The van der Waals surface area contributed by atoms with E-state index < -0.39 is 27.6 Å². The lowest BCUT2D eigenvalue weighted by Crippen LogP contribution is -2.40. The number of carbonyl (C=O) groups is 2. The average molecular weight is 833 g/mol. The SMILES string of the molecule is CCCCCCCCCCCCS(=O)(=O)c1ccc(NC(=O)C(Oc2ccc(Cc3ccc(O)cc3)cc2)C(=O)c2c(-c3ccccc3)n(C)c3ccccc23)c(Cl)c1. The molecule has 0 radical (unpaired) electrons. The van der Waals surface area contributed by atoms with Crippen molar-refractivity contribution >= 4 is 49.7 Å². The Balaban J connectivity index is 1.22. The van der Waals surface area contributed by atoms with Crippen LogP contribution in [0.1, 0.15) is 92.6 Å². The maximum Gasteiger partial charge on any atom is 0.273 e. The number of sulfone groups is 1. The van der Waals surface area contributed by atoms with E-state index in [1.54, 1.807) is 24.3 Å². The summed E-state index contributed by atoms with van der Waals surface area (Å²) in [4.78, 5) is 29.3. The highest BCUT2D eigenvalue weighted by Crippen LogP contribution is 2.35. The number of phenols is 1. The summed E-state index contributed by atoms with van der Waals surface area (Å²) >= 11 is 6.66. The van der Waals surface area contributed by atoms with Crippen molar-refractivity contribution in [3.05, 3.63) is 143 Å². The number of benzene rings is 5. The molecular formula is C49H53ClN2O6S. The Bertz CT molecular complexity index is 2450. The summed E-state index contributed by atoms with van der Waals surface area (Å²) in [6.45, 7) is 2.21. The van der Waals surface area contributed by atoms with Gasteiger partial charge >= 0.3 is 0 Å². The van der Waals surface area contributed by atoms with Gasteiger partial charge in [-0.15, -0.1) is 0 Å². The number of aromatic nitrogens is 1. The van der Waals surface area contributed by atoms with Crippen LogP contribution in [-0.4, -0.2) is 41.6 Å². The van der Waals surface area contributed by atoms with Gasteiger partial charge in [0.2, 0.25) is 11.9 Å². The molecule has 1 amide bonds. The van der Waals surface area contributed by atoms with Crippen LogP contribution in [-0.2, 0) is 28.1 Å². The van der Waals surface area contributed by atoms with E-state index in [0.29, 0.717) is 35.2 Å². The molecule has 2 N–H and O–H groups in total. The van der Waals surface area contributed by atoms with Gasteiger partial charge in [-0.2, -0.15) is 0 Å². The molecule has 8 nitrogen and oxygen atoms in total. The van der Waals surface area contributed by atoms with Crippen LogP contribution in [0.2, 0.25) is 5.02 Å². The summed E-state index contributed by atoms with van der Waals surface area (Å²) in [6, 6.07) is 35.4. The number of halogens is 1. The Morgan fingerprint density at radius 3 is 1.98 bits per heavy atom. The Morgan fingerprint density at radius 1 is 0.746 bits per heavy atom. The van der Waals surface area contributed by atoms with Gasteiger partial charge in [0, 0.05) is 18.0 Å². The Kier molecular flexibility index (Phi) is 15.0. The van der Waals surface area contributed by atoms with Crippen LogP contribution in [0.3, 0.4) is 0 Å². The van der Waals surface area contributed by atoms with E-state index in [1.807, 2.05) is 90.5 Å². The molecule has 0 spiro atoms. The standard InChI is InChI=1S/C49H53ClN2O6S/c1-3-4-5-6-7-8-9-10-11-17-32-59(56,57)40-30-31-43(42(50)34-40)51-49(55)48(58-39-28-24-36(25-29-39)33-35-22-26-38(53)27-23-35)47(54)45-41-20-15-16-21-44(41)52(2)46(45)37-18-13-12-14-19-37/h12-16,18-31,34,48,53H,3-11,17,32-33H2,1-2H3,(H,51,55). The maximum atomic E-state index is 14.9. The monoisotopic (exact) mass is 832 g/mol. The summed E-state index contributed by atoms with van der Waals surface area (Å²) in [5.74, 6) is -0.821. The van der Waals surface area contributed by atoms with E-state index in [1.165, 1.54) is 56.7 Å². The van der Waals surface area contributed by atoms with Crippen LogP contribution in [0, 0.1) is 0 Å². The number of rotatable bonds is 21. The van der Waals surface area contributed by atoms with E-state index in [9.17, 15) is 23.1 Å². The number of aromatic hydroxyl groups is 1. The third-order valence-corrected chi connectivity index (χ3v) is 12.8. The van der Waals surface area contributed by atoms with Gasteiger partial charge in [0.25, 0.3) is 5.91 Å². The number of hydrogen-bond acceptors (Lipinski definition) is 6. The van der Waals surface area contributed by atoms with Crippen molar-refractivity contribution in [1.29, 1.82) is 0 Å². The molecule has 0 fully saturated rings. The first kappa shape index (κ1) is 43.2. The predicted molar refractivity (Wildman–Crippen MR) is 238 cm³/mol. The van der Waals surface area contributed by atoms with Crippen molar-refractivity contribution in [2.24, 2.45) is 7.05 Å². The van der Waals surface area contributed by atoms with E-state index in [2.05, 4.69) is 12.2 Å². The van der Waals surface area contributed by atoms with Gasteiger partial charge in [-0.25, -0.2) is 8.42 Å². The fraction of sp³-hybridized carbons (Fsp3) is 0.306. The van der Waals surface area contributed by atoms with Gasteiger partial charge in [0.15, 0.2) is 9.84 Å². The Hall–Kier alpha value is -5.38. The number of Topliss-reactive ketones (excluding diaryl/α,β-unsaturated/α-hetero) is 1. The summed E-state index contributed by atoms with van der Waals surface area (Å²) in [5, 5.41) is 13.1. The molecule has 6 aromatic rings. The summed E-state index contributed by atoms with van der Waals surface area (Å²) in [7, 11) is -1.72. The van der Waals surface area contributed by atoms with Crippen LogP contribution in [0.5, 0.6) is 11.5 Å². The zero-order valence-corrected chi connectivity index (χ0v) is 35.4. The fourth-order valence-corrected chi connectivity index (χ4v) is 9.18. The van der Waals surface area contributed by atoms with Crippen molar-refractivity contribution in [1.82, 2.24) is 4.57 Å². The topological polar surface area (TPSA) is 115 Å². The van der Waals surface area contributed by atoms with Crippen LogP contribution in [0.4, 0.5) is 5.69 Å². The maximum absolute atomic E-state index is 14.9. The Labute approximate surface area is 353 Å². The van der Waals surface area contributed by atoms with Crippen molar-refractivity contribution in [3.63, 3.8) is 0 Å². The second kappa shape index (κ2) is 20.5. The molecule has 0 aliphatic rings. The number of fused-ring (bicyclic) bond motifs is 1. The van der Waals surface area contributed by atoms with Crippen LogP contribution in [0.15, 0.2) is 126 Å². The number of amides is 1. The van der Waals surface area contributed by atoms with Crippen molar-refractivity contribution in [3.8, 4) is 22.8 Å². The number of nitrogens with one attached hydrogen (secondary N) is 1. The van der Waals surface area contributed by atoms with Crippen LogP contribution >= 0.6 is 11.6 Å². The first-order chi connectivity index (χ1) is 28.6. The number of ketones is 1. The smallest absolute Gasteiger partial charge is 0.273 e. The lowest BCUT2D eigenvalue weighted by atomic mass is 9.98. The van der Waals surface area contributed by atoms with E-state index >= 15 is 0 Å². The zero-order chi connectivity index (χ0) is 41.8. The lowest BCUT2D eigenvalue weighted by Gasteiger charge is -2.20. The number of anilines is 1. The second-order valence-electron chi connectivity index (χ2n) is 15.1. The largest absolute Gasteiger partial charge is 0.508 e. The van der Waals surface area contributed by atoms with E-state index in [4.69, 9.17) is 16.3 Å². The first-order valence-corrected chi connectivity index (χ1v) is 22.6. The number of ether oxygens (including phenoxy) is 1. The highest BCUT2D eigenvalue weighted by molar-refractivity contribution is 7.91. The molecule has 6 rings (SSSR count). The highest BCUT2D eigenvalue weighted by Gasteiger charge is 2.35. The zero-order valence-electron chi connectivity index (χ0n) is 33.8. The predicted octanol–water partition coefficient (Wildman–Crippen LogP) is 11.8. The first-order valence-electron chi connectivity index (χ1n) is 20.6. The molecule has 1 unspecified atom stereocenters. The molecule has 0 saturated heterocycles. The van der Waals surface area contributed by atoms with Gasteiger partial charge in [-0.05, 0) is 78.1 Å². The number of hydrogen-bond donors (Lipinski definition) is 2. The average Bonchev–Trinajstić information content (AvgIpc) is 3.54. The van der Waals surface area contributed by atoms with Gasteiger partial charge in [0.05, 0.1) is 32.6 Å². The number of para-hydroxylation sites is 1. The molecule has 59 heavy (non-hydrogen) atoms.